The Kier molecular flexibility index (Phi) is 4.24. The van der Waals surface area contributed by atoms with E-state index < -0.39 is 28.6 Å². The van der Waals surface area contributed by atoms with E-state index in [0.29, 0.717) is 0 Å². The van der Waals surface area contributed by atoms with E-state index in [1.165, 1.54) is 6.07 Å². The Hall–Kier alpha value is -1.68. The van der Waals surface area contributed by atoms with E-state index in [0.717, 1.165) is 12.1 Å². The van der Waals surface area contributed by atoms with Gasteiger partial charge in [0.25, 0.3) is 0 Å². The molecule has 0 atom stereocenters. The van der Waals surface area contributed by atoms with E-state index in [1.54, 1.807) is 0 Å². The molecule has 0 fully saturated rings. The second kappa shape index (κ2) is 5.31. The van der Waals surface area contributed by atoms with E-state index in [1.807, 2.05) is 0 Å². The summed E-state index contributed by atoms with van der Waals surface area (Å²) in [5.41, 5.74) is -3.21. The molecule has 1 rings (SSSR count). The van der Waals surface area contributed by atoms with Crippen molar-refractivity contribution in [3.63, 3.8) is 0 Å². The average Bonchev–Trinajstić information content (AvgIpc) is 2.34. The predicted octanol–water partition coefficient (Wildman–Crippen LogP) is 2.97. The van der Waals surface area contributed by atoms with Crippen LogP contribution in [0.2, 0.25) is 0 Å². The molecular weight excluding hydrogens is 315 g/mol. The largest absolute Gasteiger partial charge is 0.418 e. The Balaban J connectivity index is 3.70. The highest BCUT2D eigenvalue weighted by atomic mass is 79.9. The maximum Gasteiger partial charge on any atom is 0.418 e. The van der Waals surface area contributed by atoms with Crippen LogP contribution in [0.4, 0.5) is 13.2 Å². The molecule has 1 aromatic carbocycles. The van der Waals surface area contributed by atoms with Gasteiger partial charge in [-0.2, -0.15) is 18.4 Å². The van der Waals surface area contributed by atoms with Crippen molar-refractivity contribution in [3.05, 3.63) is 34.4 Å². The number of aldehydes is 1. The third-order valence-corrected chi connectivity index (χ3v) is 2.70. The third-order valence-electron chi connectivity index (χ3n) is 2.19. The van der Waals surface area contributed by atoms with Gasteiger partial charge >= 0.3 is 6.18 Å². The first-order valence-electron chi connectivity index (χ1n) is 4.55. The number of alkyl halides is 4. The topological polar surface area (TPSA) is 57.9 Å². The zero-order chi connectivity index (χ0) is 13.9. The van der Waals surface area contributed by atoms with Gasteiger partial charge < -0.3 is 0 Å². The predicted molar refractivity (Wildman–Crippen MR) is 59.7 cm³/mol. The minimum atomic E-state index is -4.87. The normalized spacial score (nSPS) is 10.8. The molecule has 0 heterocycles. The van der Waals surface area contributed by atoms with E-state index in [4.69, 9.17) is 5.26 Å². The molecule has 0 spiro atoms. The molecule has 0 N–H and O–H groups in total. The second-order valence-electron chi connectivity index (χ2n) is 3.23. The van der Waals surface area contributed by atoms with Crippen LogP contribution in [0.5, 0.6) is 0 Å². The number of nitrogens with zero attached hydrogens (tertiary/aromatic N) is 1. The highest BCUT2D eigenvalue weighted by Gasteiger charge is 2.38. The van der Waals surface area contributed by atoms with E-state index in [2.05, 4.69) is 15.9 Å². The van der Waals surface area contributed by atoms with Crippen molar-refractivity contribution < 1.29 is 22.8 Å². The maximum atomic E-state index is 12.8. The van der Waals surface area contributed by atoms with Crippen LogP contribution < -0.4 is 0 Å². The van der Waals surface area contributed by atoms with Crippen molar-refractivity contribution in [2.24, 2.45) is 0 Å². The Morgan fingerprint density at radius 2 is 2.06 bits per heavy atom. The Labute approximate surface area is 108 Å². The summed E-state index contributed by atoms with van der Waals surface area (Å²) < 4.78 is 38.4. The minimum Gasteiger partial charge on any atom is -0.298 e. The minimum absolute atomic E-state index is 0.0560. The molecular formula is C11H5BrF3NO2. The monoisotopic (exact) mass is 319 g/mol. The Morgan fingerprint density at radius 3 is 2.44 bits per heavy atom. The van der Waals surface area contributed by atoms with Gasteiger partial charge in [0, 0.05) is 11.1 Å². The summed E-state index contributed by atoms with van der Waals surface area (Å²) in [6, 6.07) is 3.28. The van der Waals surface area contributed by atoms with E-state index in [9.17, 15) is 22.8 Å². The van der Waals surface area contributed by atoms with Crippen LogP contribution in [-0.2, 0) is 6.18 Å². The number of nitriles is 1. The summed E-state index contributed by atoms with van der Waals surface area (Å²) >= 11 is 2.81. The van der Waals surface area contributed by atoms with Crippen LogP contribution in [-0.4, -0.2) is 17.4 Å². The summed E-state index contributed by atoms with van der Waals surface area (Å²) in [4.78, 5) is 22.2. The van der Waals surface area contributed by atoms with Crippen molar-refractivity contribution in [3.8, 4) is 6.07 Å². The highest BCUT2D eigenvalue weighted by molar-refractivity contribution is 9.09. The number of ketones is 1. The Bertz CT molecular complexity index is 546. The lowest BCUT2D eigenvalue weighted by Crippen LogP contribution is -2.16. The van der Waals surface area contributed by atoms with Gasteiger partial charge in [-0.05, 0) is 12.1 Å². The van der Waals surface area contributed by atoms with Gasteiger partial charge in [-0.1, -0.05) is 15.9 Å². The number of hydrogen-bond donors (Lipinski definition) is 0. The molecule has 0 aliphatic carbocycles. The molecule has 1 aromatic rings. The fourth-order valence-corrected chi connectivity index (χ4v) is 1.76. The standard InChI is InChI=1S/C11H5BrF3NO2/c12-3-9(18)7-2-1-6(4-16)10(8(7)5-17)11(13,14)15/h1-2,5H,3H2. The first-order valence-corrected chi connectivity index (χ1v) is 5.67. The van der Waals surface area contributed by atoms with E-state index >= 15 is 0 Å². The number of carbonyl (C=O) groups is 2. The summed E-state index contributed by atoms with van der Waals surface area (Å²) in [5.74, 6) is -0.660. The summed E-state index contributed by atoms with van der Waals surface area (Å²) in [6.45, 7) is 0. The van der Waals surface area contributed by atoms with Crippen LogP contribution in [0.1, 0.15) is 31.8 Å². The average molecular weight is 320 g/mol. The first-order chi connectivity index (χ1) is 8.36. The molecule has 7 heteroatoms. The molecule has 0 aromatic heterocycles. The summed E-state index contributed by atoms with van der Waals surface area (Å²) in [7, 11) is 0. The molecule has 0 saturated heterocycles. The number of hydrogen-bond acceptors (Lipinski definition) is 3. The number of Topliss-reactive ketones (excluding diaryl/α,β-unsaturated/α-hetero) is 1. The molecule has 0 amide bonds. The van der Waals surface area contributed by atoms with Gasteiger partial charge in [-0.3, -0.25) is 9.59 Å². The zero-order valence-electron chi connectivity index (χ0n) is 8.71. The molecule has 18 heavy (non-hydrogen) atoms. The molecule has 0 unspecified atom stereocenters. The molecule has 3 nitrogen and oxygen atoms in total. The fraction of sp³-hybridized carbons (Fsp3) is 0.182. The van der Waals surface area contributed by atoms with Crippen molar-refractivity contribution in [2.45, 2.75) is 6.18 Å². The zero-order valence-corrected chi connectivity index (χ0v) is 10.3. The molecule has 0 saturated carbocycles. The molecule has 0 aliphatic heterocycles. The second-order valence-corrected chi connectivity index (χ2v) is 3.79. The Morgan fingerprint density at radius 1 is 1.44 bits per heavy atom. The van der Waals surface area contributed by atoms with Crippen LogP contribution in [0.25, 0.3) is 0 Å². The lowest BCUT2D eigenvalue weighted by Gasteiger charge is -2.13. The number of benzene rings is 1. The highest BCUT2D eigenvalue weighted by Crippen LogP contribution is 2.35. The van der Waals surface area contributed by atoms with E-state index in [-0.39, 0.29) is 17.2 Å². The fourth-order valence-electron chi connectivity index (χ4n) is 1.46. The molecule has 94 valence electrons. The third kappa shape index (κ3) is 2.59. The van der Waals surface area contributed by atoms with Crippen molar-refractivity contribution in [2.75, 3.05) is 5.33 Å². The van der Waals surface area contributed by atoms with Crippen molar-refractivity contribution in [1.82, 2.24) is 0 Å². The quantitative estimate of drug-likeness (QED) is 0.489. The number of carbonyl (C=O) groups excluding carboxylic acids is 2. The first kappa shape index (κ1) is 14.4. The lowest BCUT2D eigenvalue weighted by atomic mass is 9.95. The lowest BCUT2D eigenvalue weighted by molar-refractivity contribution is -0.138. The maximum absolute atomic E-state index is 12.8. The summed E-state index contributed by atoms with van der Waals surface area (Å²) in [5, 5.41) is 8.42. The molecule has 0 bridgehead atoms. The summed E-state index contributed by atoms with van der Waals surface area (Å²) in [6.07, 6.45) is -4.93. The smallest absolute Gasteiger partial charge is 0.298 e. The number of halogens is 4. The van der Waals surface area contributed by atoms with Gasteiger partial charge in [-0.15, -0.1) is 0 Å². The van der Waals surface area contributed by atoms with Gasteiger partial charge in [0.2, 0.25) is 0 Å². The van der Waals surface area contributed by atoms with Gasteiger partial charge in [-0.25, -0.2) is 0 Å². The van der Waals surface area contributed by atoms with Crippen LogP contribution >= 0.6 is 15.9 Å². The van der Waals surface area contributed by atoms with Gasteiger partial charge in [0.15, 0.2) is 12.1 Å². The number of rotatable bonds is 3. The van der Waals surface area contributed by atoms with Gasteiger partial charge in [0.1, 0.15) is 0 Å². The van der Waals surface area contributed by atoms with Crippen molar-refractivity contribution in [1.29, 1.82) is 5.26 Å². The van der Waals surface area contributed by atoms with Crippen molar-refractivity contribution >= 4 is 28.0 Å². The van der Waals surface area contributed by atoms with Crippen LogP contribution in [0, 0.1) is 11.3 Å². The van der Waals surface area contributed by atoms with Crippen LogP contribution in [0.3, 0.4) is 0 Å². The SMILES string of the molecule is N#Cc1ccc(C(=O)CBr)c(C=O)c1C(F)(F)F. The van der Waals surface area contributed by atoms with Gasteiger partial charge in [0.05, 0.1) is 22.5 Å². The molecule has 0 aliphatic rings. The van der Waals surface area contributed by atoms with Crippen LogP contribution in [0.15, 0.2) is 12.1 Å². The molecule has 0 radical (unpaired) electrons.